The molecule has 3 aromatic rings. The summed E-state index contributed by atoms with van der Waals surface area (Å²) in [6, 6.07) is 12.2. The minimum absolute atomic E-state index is 0.00134. The zero-order chi connectivity index (χ0) is 25.8. The van der Waals surface area contributed by atoms with E-state index in [-0.39, 0.29) is 24.2 Å². The zero-order valence-corrected chi connectivity index (χ0v) is 20.6. The highest BCUT2D eigenvalue weighted by Gasteiger charge is 2.41. The molecule has 1 aromatic heterocycles. The van der Waals surface area contributed by atoms with Crippen LogP contribution < -0.4 is 11.2 Å². The number of aromatic amines is 1. The molecule has 2 heterocycles. The molecule has 1 aliphatic heterocycles. The standard InChI is InChI=1S/C25H22Cl2N2O7/c1-2-14-12-28-25(33)29(22(14)30)21-11-19(36-24(32)16-5-9-18(27)10-6-16)20(35-21)13-34-23(31)15-3-7-17(26)8-4-15/h3-10,12,19-21H,2,11,13H2,1H3,(H,28,33)/t19-,20+,21+/m0/s1. The number of hydrogen-bond donors (Lipinski definition) is 1. The molecule has 1 N–H and O–H groups in total. The largest absolute Gasteiger partial charge is 0.459 e. The van der Waals surface area contributed by atoms with Gasteiger partial charge in [-0.25, -0.2) is 19.0 Å². The quantitative estimate of drug-likeness (QED) is 0.460. The normalized spacial score (nSPS) is 19.1. The van der Waals surface area contributed by atoms with E-state index in [1.165, 1.54) is 30.5 Å². The number of rotatable bonds is 7. The third kappa shape index (κ3) is 5.70. The Bertz CT molecular complexity index is 1370. The lowest BCUT2D eigenvalue weighted by Gasteiger charge is -2.19. The summed E-state index contributed by atoms with van der Waals surface area (Å²) in [6.45, 7) is 1.50. The number of nitrogens with zero attached hydrogens (tertiary/aromatic N) is 1. The molecule has 0 unspecified atom stereocenters. The predicted molar refractivity (Wildman–Crippen MR) is 132 cm³/mol. The number of esters is 2. The van der Waals surface area contributed by atoms with Crippen LogP contribution in [0.5, 0.6) is 0 Å². The second-order valence-electron chi connectivity index (χ2n) is 8.07. The summed E-state index contributed by atoms with van der Waals surface area (Å²) in [5.41, 5.74) is -0.253. The Morgan fingerprint density at radius 3 is 2.17 bits per heavy atom. The van der Waals surface area contributed by atoms with Crippen molar-refractivity contribution in [3.8, 4) is 0 Å². The highest BCUT2D eigenvalue weighted by Crippen LogP contribution is 2.30. The highest BCUT2D eigenvalue weighted by atomic mass is 35.5. The van der Waals surface area contributed by atoms with Crippen molar-refractivity contribution in [2.45, 2.75) is 38.2 Å². The van der Waals surface area contributed by atoms with Crippen LogP contribution in [0.4, 0.5) is 0 Å². The van der Waals surface area contributed by atoms with Crippen molar-refractivity contribution in [1.29, 1.82) is 0 Å². The van der Waals surface area contributed by atoms with Crippen LogP contribution in [-0.4, -0.2) is 40.3 Å². The van der Waals surface area contributed by atoms with Gasteiger partial charge in [-0.3, -0.25) is 4.79 Å². The smallest absolute Gasteiger partial charge is 0.338 e. The lowest BCUT2D eigenvalue weighted by Crippen LogP contribution is -2.39. The first-order valence-electron chi connectivity index (χ1n) is 11.1. The molecule has 1 saturated heterocycles. The number of halogens is 2. The minimum Gasteiger partial charge on any atom is -0.459 e. The van der Waals surface area contributed by atoms with E-state index in [2.05, 4.69) is 4.98 Å². The van der Waals surface area contributed by atoms with E-state index < -0.39 is 41.6 Å². The van der Waals surface area contributed by atoms with Crippen molar-refractivity contribution in [2.75, 3.05) is 6.61 Å². The third-order valence-electron chi connectivity index (χ3n) is 5.73. The van der Waals surface area contributed by atoms with Gasteiger partial charge >= 0.3 is 17.6 Å². The van der Waals surface area contributed by atoms with Crippen molar-refractivity contribution in [2.24, 2.45) is 0 Å². The summed E-state index contributed by atoms with van der Waals surface area (Å²) in [5.74, 6) is -1.29. The summed E-state index contributed by atoms with van der Waals surface area (Å²) in [7, 11) is 0. The van der Waals surface area contributed by atoms with Gasteiger partial charge in [-0.2, -0.15) is 0 Å². The van der Waals surface area contributed by atoms with Gasteiger partial charge in [0.25, 0.3) is 5.56 Å². The predicted octanol–water partition coefficient (Wildman–Crippen LogP) is 3.78. The number of nitrogens with one attached hydrogen (secondary N) is 1. The van der Waals surface area contributed by atoms with E-state index in [0.717, 1.165) is 4.57 Å². The lowest BCUT2D eigenvalue weighted by molar-refractivity contribution is -0.0590. The van der Waals surface area contributed by atoms with E-state index in [1.54, 1.807) is 31.2 Å². The van der Waals surface area contributed by atoms with Crippen LogP contribution in [0.2, 0.25) is 10.0 Å². The van der Waals surface area contributed by atoms with Crippen molar-refractivity contribution < 1.29 is 23.8 Å². The van der Waals surface area contributed by atoms with Gasteiger partial charge in [0.1, 0.15) is 25.0 Å². The van der Waals surface area contributed by atoms with E-state index >= 15 is 0 Å². The molecule has 0 aliphatic carbocycles. The van der Waals surface area contributed by atoms with Gasteiger partial charge in [0, 0.05) is 28.2 Å². The molecular formula is C25H22Cl2N2O7. The van der Waals surface area contributed by atoms with Crippen molar-refractivity contribution >= 4 is 35.1 Å². The first-order valence-corrected chi connectivity index (χ1v) is 11.9. The SMILES string of the molecule is CCc1c[nH]c(=O)n([C@H]2C[C@H](OC(=O)c3ccc(Cl)cc3)[C@@H](COC(=O)c3ccc(Cl)cc3)O2)c1=O. The van der Waals surface area contributed by atoms with Crippen LogP contribution in [0, 0.1) is 0 Å². The van der Waals surface area contributed by atoms with Crippen LogP contribution >= 0.6 is 23.2 Å². The van der Waals surface area contributed by atoms with Gasteiger partial charge in [0.15, 0.2) is 0 Å². The van der Waals surface area contributed by atoms with Crippen molar-refractivity contribution in [1.82, 2.24) is 9.55 Å². The topological polar surface area (TPSA) is 117 Å². The van der Waals surface area contributed by atoms with Crippen LogP contribution in [-0.2, 0) is 20.6 Å². The Balaban J connectivity index is 1.56. The number of hydrogen-bond acceptors (Lipinski definition) is 7. The number of H-pyrrole nitrogens is 1. The molecule has 2 aromatic carbocycles. The molecule has 4 rings (SSSR count). The fourth-order valence-corrected chi connectivity index (χ4v) is 4.04. The first kappa shape index (κ1) is 25.7. The molecule has 9 nitrogen and oxygen atoms in total. The molecule has 36 heavy (non-hydrogen) atoms. The Hall–Kier alpha value is -3.40. The highest BCUT2D eigenvalue weighted by molar-refractivity contribution is 6.31. The Labute approximate surface area is 215 Å². The van der Waals surface area contributed by atoms with Crippen LogP contribution in [0.1, 0.15) is 45.9 Å². The second-order valence-corrected chi connectivity index (χ2v) is 8.94. The maximum Gasteiger partial charge on any atom is 0.338 e. The van der Waals surface area contributed by atoms with E-state index in [1.807, 2.05) is 0 Å². The van der Waals surface area contributed by atoms with Crippen molar-refractivity contribution in [3.05, 3.63) is 102 Å². The van der Waals surface area contributed by atoms with Crippen LogP contribution in [0.25, 0.3) is 0 Å². The van der Waals surface area contributed by atoms with Crippen LogP contribution in [0.15, 0.2) is 64.3 Å². The number of benzene rings is 2. The lowest BCUT2D eigenvalue weighted by atomic mass is 10.1. The first-order chi connectivity index (χ1) is 17.3. The number of carbonyl (C=O) groups excluding carboxylic acids is 2. The van der Waals surface area contributed by atoms with E-state index in [9.17, 15) is 19.2 Å². The van der Waals surface area contributed by atoms with Gasteiger partial charge in [-0.15, -0.1) is 0 Å². The molecule has 0 bridgehead atoms. The summed E-state index contributed by atoms with van der Waals surface area (Å²) in [6.07, 6.45) is -1.11. The Morgan fingerprint density at radius 2 is 1.58 bits per heavy atom. The molecule has 0 radical (unpaired) electrons. The van der Waals surface area contributed by atoms with Gasteiger partial charge in [-0.1, -0.05) is 30.1 Å². The fraction of sp³-hybridized carbons (Fsp3) is 0.280. The zero-order valence-electron chi connectivity index (χ0n) is 19.1. The van der Waals surface area contributed by atoms with Crippen molar-refractivity contribution in [3.63, 3.8) is 0 Å². The summed E-state index contributed by atoms with van der Waals surface area (Å²) in [4.78, 5) is 53.1. The average molecular weight is 533 g/mol. The number of carbonyl (C=O) groups is 2. The monoisotopic (exact) mass is 532 g/mol. The molecule has 0 spiro atoms. The number of aromatic nitrogens is 2. The van der Waals surface area contributed by atoms with E-state index in [4.69, 9.17) is 37.4 Å². The molecule has 0 saturated carbocycles. The molecule has 11 heteroatoms. The van der Waals surface area contributed by atoms with Crippen LogP contribution in [0.3, 0.4) is 0 Å². The Kier molecular flexibility index (Phi) is 7.93. The molecular weight excluding hydrogens is 511 g/mol. The second kappa shape index (κ2) is 11.1. The summed E-state index contributed by atoms with van der Waals surface area (Å²) < 4.78 is 17.9. The Morgan fingerprint density at radius 1 is 1.00 bits per heavy atom. The molecule has 3 atom stereocenters. The minimum atomic E-state index is -1.03. The summed E-state index contributed by atoms with van der Waals surface area (Å²) >= 11 is 11.7. The number of ether oxygens (including phenoxy) is 3. The maximum atomic E-state index is 12.8. The maximum absolute atomic E-state index is 12.8. The van der Waals surface area contributed by atoms with Gasteiger partial charge < -0.3 is 19.2 Å². The van der Waals surface area contributed by atoms with Gasteiger partial charge in [-0.05, 0) is 55.0 Å². The van der Waals surface area contributed by atoms with E-state index in [0.29, 0.717) is 22.0 Å². The molecule has 0 amide bonds. The molecule has 188 valence electrons. The van der Waals surface area contributed by atoms with Gasteiger partial charge in [0.05, 0.1) is 11.1 Å². The number of aryl methyl sites for hydroxylation is 1. The average Bonchev–Trinajstić information content (AvgIpc) is 3.25. The molecule has 1 fully saturated rings. The fourth-order valence-electron chi connectivity index (χ4n) is 3.79. The molecule has 1 aliphatic rings. The summed E-state index contributed by atoms with van der Waals surface area (Å²) in [5, 5.41) is 0.921. The van der Waals surface area contributed by atoms with Gasteiger partial charge in [0.2, 0.25) is 0 Å². The third-order valence-corrected chi connectivity index (χ3v) is 6.23.